The summed E-state index contributed by atoms with van der Waals surface area (Å²) in [6, 6.07) is 12.0. The second-order valence-electron chi connectivity index (χ2n) is 8.51. The van der Waals surface area contributed by atoms with E-state index in [4.69, 9.17) is 15.2 Å². The first-order valence-electron chi connectivity index (χ1n) is 10.2. The number of allylic oxidation sites excluding steroid dienone is 2. The highest BCUT2D eigenvalue weighted by Crippen LogP contribution is 2.54. The Morgan fingerprint density at radius 2 is 1.94 bits per heavy atom. The molecular formula is C24H27N5O2. The summed E-state index contributed by atoms with van der Waals surface area (Å²) >= 11 is 0. The standard InChI is InChI=1S/C24H27N5O2/c1-15(2)12-31-20-6-5-16(9-21(20)30-4)22-19-11-29(3)8-7-17(19)18(10-25)23(28)24(22,13-26)14-27/h5-7,9,15,19,22H,8,11-12,28H2,1-4H3. The zero-order valence-electron chi connectivity index (χ0n) is 18.3. The van der Waals surface area contributed by atoms with E-state index < -0.39 is 11.3 Å². The van der Waals surface area contributed by atoms with Crippen LogP contribution in [0, 0.1) is 51.2 Å². The molecule has 160 valence electrons. The van der Waals surface area contributed by atoms with E-state index in [1.165, 1.54) is 0 Å². The van der Waals surface area contributed by atoms with Gasteiger partial charge in [-0.1, -0.05) is 26.0 Å². The molecule has 2 N–H and O–H groups in total. The van der Waals surface area contributed by atoms with Gasteiger partial charge in [0.25, 0.3) is 0 Å². The van der Waals surface area contributed by atoms with E-state index in [0.29, 0.717) is 37.1 Å². The number of methoxy groups -OCH3 is 1. The van der Waals surface area contributed by atoms with Crippen molar-refractivity contribution in [2.45, 2.75) is 19.8 Å². The lowest BCUT2D eigenvalue weighted by molar-refractivity contribution is 0.236. The van der Waals surface area contributed by atoms with Crippen molar-refractivity contribution in [3.63, 3.8) is 0 Å². The second-order valence-corrected chi connectivity index (χ2v) is 8.51. The number of rotatable bonds is 5. The van der Waals surface area contributed by atoms with E-state index in [0.717, 1.165) is 11.1 Å². The van der Waals surface area contributed by atoms with Gasteiger partial charge < -0.3 is 20.1 Å². The van der Waals surface area contributed by atoms with Gasteiger partial charge >= 0.3 is 0 Å². The van der Waals surface area contributed by atoms with Crippen LogP contribution in [0.25, 0.3) is 0 Å². The van der Waals surface area contributed by atoms with Crippen LogP contribution >= 0.6 is 0 Å². The fourth-order valence-electron chi connectivity index (χ4n) is 4.45. The minimum absolute atomic E-state index is 0.0242. The molecule has 1 aliphatic heterocycles. The first-order chi connectivity index (χ1) is 14.8. The molecule has 2 aliphatic rings. The van der Waals surface area contributed by atoms with Crippen LogP contribution in [0.15, 0.2) is 41.1 Å². The Hall–Kier alpha value is -3.47. The lowest BCUT2D eigenvalue weighted by atomic mass is 9.58. The summed E-state index contributed by atoms with van der Waals surface area (Å²) in [6.07, 6.45) is 1.97. The topological polar surface area (TPSA) is 119 Å². The molecule has 3 rings (SSSR count). The number of benzene rings is 1. The average Bonchev–Trinajstić information content (AvgIpc) is 2.77. The van der Waals surface area contributed by atoms with E-state index >= 15 is 0 Å². The molecule has 0 radical (unpaired) electrons. The third-order valence-electron chi connectivity index (χ3n) is 5.97. The van der Waals surface area contributed by atoms with Crippen molar-refractivity contribution in [2.75, 3.05) is 33.9 Å². The van der Waals surface area contributed by atoms with Crippen LogP contribution in [0.2, 0.25) is 0 Å². The Bertz CT molecular complexity index is 1040. The molecule has 1 aromatic rings. The lowest BCUT2D eigenvalue weighted by Crippen LogP contribution is -2.47. The Balaban J connectivity index is 2.20. The van der Waals surface area contributed by atoms with Gasteiger partial charge in [0.15, 0.2) is 16.9 Å². The third kappa shape index (κ3) is 3.72. The molecule has 0 spiro atoms. The van der Waals surface area contributed by atoms with E-state index in [9.17, 15) is 15.8 Å². The Labute approximate surface area is 183 Å². The van der Waals surface area contributed by atoms with Crippen molar-refractivity contribution < 1.29 is 9.47 Å². The van der Waals surface area contributed by atoms with E-state index in [-0.39, 0.29) is 17.2 Å². The molecule has 1 heterocycles. The zero-order valence-corrected chi connectivity index (χ0v) is 18.3. The first kappa shape index (κ1) is 22.2. The van der Waals surface area contributed by atoms with Crippen LogP contribution in [-0.4, -0.2) is 38.8 Å². The number of hydrogen-bond donors (Lipinski definition) is 1. The number of nitriles is 3. The SMILES string of the molecule is COc1cc(C2C3CN(C)CC=C3C(C#N)=C(N)C2(C#N)C#N)ccc1OCC(C)C. The fourth-order valence-corrected chi connectivity index (χ4v) is 4.45. The van der Waals surface area contributed by atoms with Gasteiger partial charge in [0.2, 0.25) is 0 Å². The molecule has 0 saturated heterocycles. The van der Waals surface area contributed by atoms with Gasteiger partial charge in [-0.25, -0.2) is 0 Å². The maximum Gasteiger partial charge on any atom is 0.191 e. The van der Waals surface area contributed by atoms with Crippen LogP contribution in [0.3, 0.4) is 0 Å². The molecule has 0 amide bonds. The Morgan fingerprint density at radius 1 is 1.23 bits per heavy atom. The highest BCUT2D eigenvalue weighted by atomic mass is 16.5. The van der Waals surface area contributed by atoms with Crippen LogP contribution in [0.5, 0.6) is 11.5 Å². The molecule has 7 heteroatoms. The number of ether oxygens (including phenoxy) is 2. The summed E-state index contributed by atoms with van der Waals surface area (Å²) in [6.45, 7) is 5.95. The van der Waals surface area contributed by atoms with Crippen molar-refractivity contribution in [1.82, 2.24) is 4.90 Å². The van der Waals surface area contributed by atoms with Gasteiger partial charge in [0.1, 0.15) is 6.07 Å². The van der Waals surface area contributed by atoms with Crippen LogP contribution < -0.4 is 15.2 Å². The minimum Gasteiger partial charge on any atom is -0.493 e. The number of nitrogens with zero attached hydrogens (tertiary/aromatic N) is 4. The predicted octanol–water partition coefficient (Wildman–Crippen LogP) is 3.09. The molecule has 2 unspecified atom stereocenters. The molecule has 7 nitrogen and oxygen atoms in total. The Kier molecular flexibility index (Phi) is 6.25. The van der Waals surface area contributed by atoms with Crippen molar-refractivity contribution >= 4 is 0 Å². The van der Waals surface area contributed by atoms with Crippen LogP contribution in [0.1, 0.15) is 25.3 Å². The van der Waals surface area contributed by atoms with Crippen molar-refractivity contribution in [2.24, 2.45) is 23.0 Å². The molecule has 31 heavy (non-hydrogen) atoms. The van der Waals surface area contributed by atoms with E-state index in [1.807, 2.05) is 31.3 Å². The van der Waals surface area contributed by atoms with Gasteiger partial charge in [-0.3, -0.25) is 0 Å². The summed E-state index contributed by atoms with van der Waals surface area (Å²) in [4.78, 5) is 2.11. The molecular weight excluding hydrogens is 390 g/mol. The van der Waals surface area contributed by atoms with Crippen LogP contribution in [-0.2, 0) is 0 Å². The number of nitrogens with two attached hydrogens (primary N) is 1. The molecule has 2 atom stereocenters. The summed E-state index contributed by atoms with van der Waals surface area (Å²) in [5.74, 6) is 0.709. The largest absolute Gasteiger partial charge is 0.493 e. The van der Waals surface area contributed by atoms with Crippen molar-refractivity contribution in [3.05, 3.63) is 46.7 Å². The number of likely N-dealkylation sites (N-methyl/N-ethyl adjacent to an activating group) is 1. The monoisotopic (exact) mass is 417 g/mol. The molecule has 0 bridgehead atoms. The van der Waals surface area contributed by atoms with Crippen molar-refractivity contribution in [3.8, 4) is 29.7 Å². The van der Waals surface area contributed by atoms with Crippen LogP contribution in [0.4, 0.5) is 0 Å². The third-order valence-corrected chi connectivity index (χ3v) is 5.97. The summed E-state index contributed by atoms with van der Waals surface area (Å²) in [7, 11) is 3.54. The smallest absolute Gasteiger partial charge is 0.191 e. The normalized spacial score (nSPS) is 22.6. The van der Waals surface area contributed by atoms with Gasteiger partial charge in [-0.2, -0.15) is 15.8 Å². The maximum absolute atomic E-state index is 10.2. The van der Waals surface area contributed by atoms with Gasteiger partial charge in [-0.15, -0.1) is 0 Å². The minimum atomic E-state index is -1.66. The lowest BCUT2D eigenvalue weighted by Gasteiger charge is -2.45. The summed E-state index contributed by atoms with van der Waals surface area (Å²) < 4.78 is 11.4. The fraction of sp³-hybridized carbons (Fsp3) is 0.458. The molecule has 1 aromatic carbocycles. The average molecular weight is 418 g/mol. The zero-order chi connectivity index (χ0) is 22.8. The quantitative estimate of drug-likeness (QED) is 0.782. The summed E-state index contributed by atoms with van der Waals surface area (Å²) in [5, 5.41) is 30.1. The van der Waals surface area contributed by atoms with Gasteiger partial charge in [-0.05, 0) is 36.2 Å². The maximum atomic E-state index is 10.2. The number of hydrogen-bond acceptors (Lipinski definition) is 7. The molecule has 0 aromatic heterocycles. The summed E-state index contributed by atoms with van der Waals surface area (Å²) in [5.41, 5.74) is 6.52. The molecule has 0 saturated carbocycles. The highest BCUT2D eigenvalue weighted by molar-refractivity contribution is 5.60. The number of fused-ring (bicyclic) bond motifs is 1. The van der Waals surface area contributed by atoms with Crippen molar-refractivity contribution in [1.29, 1.82) is 15.8 Å². The molecule has 0 fully saturated rings. The van der Waals surface area contributed by atoms with E-state index in [2.05, 4.69) is 37.0 Å². The predicted molar refractivity (Wildman–Crippen MR) is 116 cm³/mol. The molecule has 1 aliphatic carbocycles. The van der Waals surface area contributed by atoms with Gasteiger partial charge in [0.05, 0.1) is 37.1 Å². The Morgan fingerprint density at radius 3 is 2.52 bits per heavy atom. The highest BCUT2D eigenvalue weighted by Gasteiger charge is 2.54. The van der Waals surface area contributed by atoms with E-state index in [1.54, 1.807) is 7.11 Å². The van der Waals surface area contributed by atoms with Gasteiger partial charge in [0, 0.05) is 24.9 Å². The first-order valence-corrected chi connectivity index (χ1v) is 10.2. The second kappa shape index (κ2) is 8.72.